The van der Waals surface area contributed by atoms with Crippen LogP contribution in [0.15, 0.2) is 25.7 Å². The van der Waals surface area contributed by atoms with Gasteiger partial charge in [-0.1, -0.05) is 13.2 Å². The molecule has 0 unspecified atom stereocenters. The predicted molar refractivity (Wildman–Crippen MR) is 108 cm³/mol. The lowest BCUT2D eigenvalue weighted by Crippen LogP contribution is -2.15. The molecule has 0 spiro atoms. The Bertz CT molecular complexity index is 299. The van der Waals surface area contributed by atoms with Gasteiger partial charge in [0.2, 0.25) is 0 Å². The largest absolute Gasteiger partial charge is 0.499 e. The fourth-order valence-corrected chi connectivity index (χ4v) is 1.80. The molecule has 0 aromatic rings. The second-order valence-electron chi connectivity index (χ2n) is 5.36. The maximum absolute atomic E-state index is 5.41. The topological polar surface area (TPSA) is 83.1 Å². The molecule has 0 atom stereocenters. The van der Waals surface area contributed by atoms with E-state index in [9.17, 15) is 0 Å². The summed E-state index contributed by atoms with van der Waals surface area (Å²) in [6, 6.07) is 0. The average Bonchev–Trinajstić information content (AvgIpc) is 2.74. The normalized spacial score (nSPS) is 10.8. The summed E-state index contributed by atoms with van der Waals surface area (Å²) in [7, 11) is 0. The standard InChI is InChI=1S/C20H38O9/c1-3-21-5-7-23-9-11-25-13-15-27-17-19-29-20-18-28-16-14-26-12-10-24-8-6-22-4-2/h3-4H,1-2,5-20H2. The highest BCUT2D eigenvalue weighted by molar-refractivity contribution is 4.48. The van der Waals surface area contributed by atoms with Crippen molar-refractivity contribution < 1.29 is 42.6 Å². The third-order valence-corrected chi connectivity index (χ3v) is 3.16. The van der Waals surface area contributed by atoms with Crippen molar-refractivity contribution in [2.45, 2.75) is 0 Å². The summed E-state index contributed by atoms with van der Waals surface area (Å²) in [5, 5.41) is 0. The van der Waals surface area contributed by atoms with Crippen LogP contribution >= 0.6 is 0 Å². The van der Waals surface area contributed by atoms with Crippen LogP contribution in [0.3, 0.4) is 0 Å². The van der Waals surface area contributed by atoms with E-state index in [1.807, 2.05) is 0 Å². The first-order valence-electron chi connectivity index (χ1n) is 9.91. The van der Waals surface area contributed by atoms with Crippen LogP contribution < -0.4 is 0 Å². The predicted octanol–water partition coefficient (Wildman–Crippen LogP) is 1.42. The van der Waals surface area contributed by atoms with E-state index in [-0.39, 0.29) is 0 Å². The van der Waals surface area contributed by atoms with Crippen molar-refractivity contribution in [2.75, 3.05) is 106 Å². The summed E-state index contributed by atoms with van der Waals surface area (Å²) in [4.78, 5) is 0. The van der Waals surface area contributed by atoms with Crippen molar-refractivity contribution >= 4 is 0 Å². The maximum atomic E-state index is 5.41. The Morgan fingerprint density at radius 1 is 0.310 bits per heavy atom. The maximum Gasteiger partial charge on any atom is 0.111 e. The Kier molecular flexibility index (Phi) is 25.7. The monoisotopic (exact) mass is 422 g/mol. The van der Waals surface area contributed by atoms with Crippen molar-refractivity contribution in [3.05, 3.63) is 25.7 Å². The van der Waals surface area contributed by atoms with Crippen LogP contribution in [0.5, 0.6) is 0 Å². The molecule has 0 heterocycles. The molecule has 0 aliphatic heterocycles. The average molecular weight is 423 g/mol. The van der Waals surface area contributed by atoms with E-state index in [1.54, 1.807) is 0 Å². The van der Waals surface area contributed by atoms with E-state index < -0.39 is 0 Å². The molecule has 0 saturated carbocycles. The van der Waals surface area contributed by atoms with Crippen LogP contribution in [0.2, 0.25) is 0 Å². The highest BCUT2D eigenvalue weighted by Crippen LogP contribution is 1.86. The third kappa shape index (κ3) is 26.8. The zero-order valence-corrected chi connectivity index (χ0v) is 17.6. The van der Waals surface area contributed by atoms with Gasteiger partial charge in [0.05, 0.1) is 105 Å². The number of ether oxygens (including phenoxy) is 9. The van der Waals surface area contributed by atoms with Gasteiger partial charge in [-0.25, -0.2) is 0 Å². The molecular formula is C20H38O9. The molecular weight excluding hydrogens is 384 g/mol. The zero-order valence-electron chi connectivity index (χ0n) is 17.6. The quantitative estimate of drug-likeness (QED) is 0.152. The van der Waals surface area contributed by atoms with Crippen LogP contribution in [0.4, 0.5) is 0 Å². The summed E-state index contributed by atoms with van der Waals surface area (Å²) >= 11 is 0. The Labute approximate surface area is 174 Å². The summed E-state index contributed by atoms with van der Waals surface area (Å²) in [5.74, 6) is 0. The molecule has 0 amide bonds. The van der Waals surface area contributed by atoms with Gasteiger partial charge in [-0.2, -0.15) is 0 Å². The Balaban J connectivity index is 2.98. The van der Waals surface area contributed by atoms with Crippen LogP contribution in [-0.2, 0) is 42.6 Å². The minimum absolute atomic E-state index is 0.508. The van der Waals surface area contributed by atoms with Gasteiger partial charge in [-0.3, -0.25) is 0 Å². The van der Waals surface area contributed by atoms with Crippen LogP contribution in [0.1, 0.15) is 0 Å². The smallest absolute Gasteiger partial charge is 0.111 e. The van der Waals surface area contributed by atoms with Crippen molar-refractivity contribution in [3.63, 3.8) is 0 Å². The fraction of sp³-hybridized carbons (Fsp3) is 0.800. The second kappa shape index (κ2) is 26.8. The van der Waals surface area contributed by atoms with Gasteiger partial charge in [0.15, 0.2) is 0 Å². The molecule has 172 valence electrons. The number of hydrogen-bond acceptors (Lipinski definition) is 9. The minimum atomic E-state index is 0.508. The number of rotatable bonds is 26. The van der Waals surface area contributed by atoms with Crippen molar-refractivity contribution in [2.24, 2.45) is 0 Å². The molecule has 0 N–H and O–H groups in total. The zero-order chi connectivity index (χ0) is 21.1. The Hall–Kier alpha value is -1.20. The van der Waals surface area contributed by atoms with Gasteiger partial charge in [0.25, 0.3) is 0 Å². The molecule has 9 nitrogen and oxygen atoms in total. The molecule has 9 heteroatoms. The van der Waals surface area contributed by atoms with Crippen LogP contribution in [0.25, 0.3) is 0 Å². The van der Waals surface area contributed by atoms with Crippen molar-refractivity contribution in [3.8, 4) is 0 Å². The van der Waals surface area contributed by atoms with E-state index in [4.69, 9.17) is 42.6 Å². The molecule has 0 aliphatic carbocycles. The summed E-state index contributed by atoms with van der Waals surface area (Å²) < 4.78 is 47.4. The molecule has 0 saturated heterocycles. The molecule has 0 fully saturated rings. The van der Waals surface area contributed by atoms with Gasteiger partial charge >= 0.3 is 0 Å². The molecule has 29 heavy (non-hydrogen) atoms. The minimum Gasteiger partial charge on any atom is -0.499 e. The van der Waals surface area contributed by atoms with E-state index in [0.29, 0.717) is 106 Å². The van der Waals surface area contributed by atoms with Gasteiger partial charge in [0, 0.05) is 0 Å². The summed E-state index contributed by atoms with van der Waals surface area (Å²) in [6.07, 6.45) is 2.79. The lowest BCUT2D eigenvalue weighted by Gasteiger charge is -2.08. The SMILES string of the molecule is C=COCCOCCOCCOCCOCCOCCOCCOCCOC=C. The fourth-order valence-electron chi connectivity index (χ4n) is 1.80. The summed E-state index contributed by atoms with van der Waals surface area (Å²) in [6.45, 7) is 15.3. The Morgan fingerprint density at radius 3 is 0.655 bits per heavy atom. The van der Waals surface area contributed by atoms with Gasteiger partial charge in [0.1, 0.15) is 13.2 Å². The van der Waals surface area contributed by atoms with Gasteiger partial charge in [-0.15, -0.1) is 0 Å². The van der Waals surface area contributed by atoms with E-state index in [1.165, 1.54) is 12.5 Å². The second-order valence-corrected chi connectivity index (χ2v) is 5.36. The van der Waals surface area contributed by atoms with Crippen molar-refractivity contribution in [1.29, 1.82) is 0 Å². The molecule has 0 rings (SSSR count). The molecule has 0 radical (unpaired) electrons. The lowest BCUT2D eigenvalue weighted by molar-refractivity contribution is -0.0226. The molecule has 0 bridgehead atoms. The third-order valence-electron chi connectivity index (χ3n) is 3.16. The van der Waals surface area contributed by atoms with Crippen LogP contribution in [0, 0.1) is 0 Å². The van der Waals surface area contributed by atoms with Gasteiger partial charge < -0.3 is 42.6 Å². The van der Waals surface area contributed by atoms with E-state index in [2.05, 4.69) is 13.2 Å². The molecule has 0 aliphatic rings. The number of hydrogen-bond donors (Lipinski definition) is 0. The summed E-state index contributed by atoms with van der Waals surface area (Å²) in [5.41, 5.74) is 0. The lowest BCUT2D eigenvalue weighted by atomic mass is 10.6. The van der Waals surface area contributed by atoms with E-state index in [0.717, 1.165) is 0 Å². The first-order valence-corrected chi connectivity index (χ1v) is 9.91. The van der Waals surface area contributed by atoms with E-state index >= 15 is 0 Å². The molecule has 0 aromatic carbocycles. The van der Waals surface area contributed by atoms with Crippen LogP contribution in [-0.4, -0.2) is 106 Å². The first kappa shape index (κ1) is 27.8. The first-order chi connectivity index (χ1) is 14.4. The Morgan fingerprint density at radius 2 is 0.483 bits per heavy atom. The molecule has 0 aromatic heterocycles. The highest BCUT2D eigenvalue weighted by Gasteiger charge is 1.94. The highest BCUT2D eigenvalue weighted by atomic mass is 16.6. The van der Waals surface area contributed by atoms with Crippen molar-refractivity contribution in [1.82, 2.24) is 0 Å². The van der Waals surface area contributed by atoms with Gasteiger partial charge in [-0.05, 0) is 0 Å².